The summed E-state index contributed by atoms with van der Waals surface area (Å²) in [6.45, 7) is 0. The van der Waals surface area contributed by atoms with Gasteiger partial charge in [0.2, 0.25) is 0 Å². The van der Waals surface area contributed by atoms with Crippen molar-refractivity contribution in [3.05, 3.63) is 46.2 Å². The van der Waals surface area contributed by atoms with Crippen molar-refractivity contribution >= 4 is 10.9 Å². The molecule has 1 atom stereocenters. The largest absolute Gasteiger partial charge is 0.312 e. The maximum atomic E-state index is 11.9. The number of hydrogen-bond donors (Lipinski definition) is 1. The van der Waals surface area contributed by atoms with Crippen molar-refractivity contribution in [2.24, 2.45) is 12.8 Å². The number of para-hydroxylation sites is 1. The van der Waals surface area contributed by atoms with Crippen LogP contribution in [-0.2, 0) is 7.05 Å². The van der Waals surface area contributed by atoms with Crippen LogP contribution in [0.4, 0.5) is 0 Å². The molecular formula is C12H11N3O. The molecule has 2 rings (SSSR count). The van der Waals surface area contributed by atoms with Crippen LogP contribution in [-0.4, -0.2) is 4.57 Å². The summed E-state index contributed by atoms with van der Waals surface area (Å²) in [7, 11) is 1.68. The van der Waals surface area contributed by atoms with Gasteiger partial charge in [-0.1, -0.05) is 18.2 Å². The lowest BCUT2D eigenvalue weighted by atomic mass is 10.1. The first-order valence-electron chi connectivity index (χ1n) is 4.89. The molecule has 1 heterocycles. The van der Waals surface area contributed by atoms with E-state index in [1.54, 1.807) is 13.1 Å². The van der Waals surface area contributed by atoms with Gasteiger partial charge in [-0.15, -0.1) is 0 Å². The zero-order chi connectivity index (χ0) is 11.7. The third kappa shape index (κ3) is 1.47. The number of nitrogens with two attached hydrogens (primary N) is 1. The van der Waals surface area contributed by atoms with E-state index in [1.165, 1.54) is 4.57 Å². The Labute approximate surface area is 92.5 Å². The second kappa shape index (κ2) is 3.80. The highest BCUT2D eigenvalue weighted by Crippen LogP contribution is 2.14. The van der Waals surface area contributed by atoms with Crippen molar-refractivity contribution in [3.8, 4) is 6.07 Å². The quantitative estimate of drug-likeness (QED) is 0.769. The van der Waals surface area contributed by atoms with Crippen molar-refractivity contribution in [3.63, 3.8) is 0 Å². The van der Waals surface area contributed by atoms with Crippen LogP contribution in [0.15, 0.2) is 35.1 Å². The lowest BCUT2D eigenvalue weighted by Gasteiger charge is -2.09. The van der Waals surface area contributed by atoms with Crippen LogP contribution in [0.3, 0.4) is 0 Å². The Morgan fingerprint density at radius 2 is 2.12 bits per heavy atom. The summed E-state index contributed by atoms with van der Waals surface area (Å²) in [5, 5.41) is 9.66. The fourth-order valence-corrected chi connectivity index (χ4v) is 1.74. The van der Waals surface area contributed by atoms with E-state index in [0.717, 1.165) is 10.9 Å². The van der Waals surface area contributed by atoms with Gasteiger partial charge in [0.25, 0.3) is 5.56 Å². The topological polar surface area (TPSA) is 71.8 Å². The van der Waals surface area contributed by atoms with Gasteiger partial charge in [0.15, 0.2) is 0 Å². The van der Waals surface area contributed by atoms with Crippen molar-refractivity contribution in [2.45, 2.75) is 6.04 Å². The molecule has 0 amide bonds. The van der Waals surface area contributed by atoms with Gasteiger partial charge in [0, 0.05) is 12.6 Å². The molecule has 1 aromatic heterocycles. The highest BCUT2D eigenvalue weighted by molar-refractivity contribution is 5.79. The molecule has 0 aliphatic carbocycles. The molecule has 0 saturated carbocycles. The van der Waals surface area contributed by atoms with Crippen LogP contribution < -0.4 is 11.3 Å². The van der Waals surface area contributed by atoms with Crippen LogP contribution in [0, 0.1) is 11.3 Å². The average Bonchev–Trinajstić information content (AvgIpc) is 2.33. The van der Waals surface area contributed by atoms with Gasteiger partial charge >= 0.3 is 0 Å². The smallest absolute Gasteiger partial charge is 0.256 e. The summed E-state index contributed by atoms with van der Waals surface area (Å²) in [6.07, 6.45) is 0. The van der Waals surface area contributed by atoms with E-state index in [4.69, 9.17) is 11.0 Å². The predicted molar refractivity (Wildman–Crippen MR) is 61.7 cm³/mol. The van der Waals surface area contributed by atoms with Gasteiger partial charge in [-0.05, 0) is 17.5 Å². The molecule has 0 fully saturated rings. The monoisotopic (exact) mass is 213 g/mol. The standard InChI is InChI=1S/C12H11N3O/c1-15-11-5-3-2-4-8(11)6-9(12(15)16)10(14)7-13/h2-6,10H,14H2,1H3. The van der Waals surface area contributed by atoms with Gasteiger partial charge in [-0.2, -0.15) is 5.26 Å². The van der Waals surface area contributed by atoms with E-state index in [0.29, 0.717) is 5.56 Å². The molecule has 0 aliphatic heterocycles. The van der Waals surface area contributed by atoms with E-state index in [9.17, 15) is 4.79 Å². The summed E-state index contributed by atoms with van der Waals surface area (Å²) in [4.78, 5) is 11.9. The van der Waals surface area contributed by atoms with Gasteiger partial charge in [-0.3, -0.25) is 4.79 Å². The average molecular weight is 213 g/mol. The number of aryl methyl sites for hydroxylation is 1. The number of benzene rings is 1. The Kier molecular flexibility index (Phi) is 2.47. The van der Waals surface area contributed by atoms with Crippen molar-refractivity contribution < 1.29 is 0 Å². The van der Waals surface area contributed by atoms with Gasteiger partial charge in [-0.25, -0.2) is 0 Å². The number of pyridine rings is 1. The molecule has 0 aliphatic rings. The zero-order valence-corrected chi connectivity index (χ0v) is 8.84. The molecule has 0 bridgehead atoms. The SMILES string of the molecule is Cn1c(=O)c(C(N)C#N)cc2ccccc21. The van der Waals surface area contributed by atoms with Crippen LogP contribution in [0.1, 0.15) is 11.6 Å². The number of nitriles is 1. The summed E-state index contributed by atoms with van der Waals surface area (Å²) >= 11 is 0. The fraction of sp³-hybridized carbons (Fsp3) is 0.167. The van der Waals surface area contributed by atoms with Crippen LogP contribution >= 0.6 is 0 Å². The van der Waals surface area contributed by atoms with E-state index < -0.39 is 6.04 Å². The highest BCUT2D eigenvalue weighted by Gasteiger charge is 2.12. The minimum Gasteiger partial charge on any atom is -0.312 e. The number of rotatable bonds is 1. The number of aromatic nitrogens is 1. The Hall–Kier alpha value is -2.12. The van der Waals surface area contributed by atoms with Gasteiger partial charge in [0.1, 0.15) is 6.04 Å². The first-order chi connectivity index (χ1) is 7.65. The van der Waals surface area contributed by atoms with E-state index >= 15 is 0 Å². The van der Waals surface area contributed by atoms with E-state index in [1.807, 2.05) is 30.3 Å². The molecule has 1 unspecified atom stereocenters. The fourth-order valence-electron chi connectivity index (χ4n) is 1.74. The maximum Gasteiger partial charge on any atom is 0.256 e. The molecule has 2 N–H and O–H groups in total. The minimum absolute atomic E-state index is 0.215. The summed E-state index contributed by atoms with van der Waals surface area (Å²) in [6, 6.07) is 10.2. The number of nitrogens with zero attached hydrogens (tertiary/aromatic N) is 2. The molecule has 80 valence electrons. The summed E-state index contributed by atoms with van der Waals surface area (Å²) in [5.41, 5.74) is 6.54. The molecule has 0 spiro atoms. The van der Waals surface area contributed by atoms with Crippen LogP contribution in [0.25, 0.3) is 10.9 Å². The Balaban J connectivity index is 2.85. The molecule has 2 aromatic rings. The lowest BCUT2D eigenvalue weighted by Crippen LogP contribution is -2.26. The molecule has 0 radical (unpaired) electrons. The Morgan fingerprint density at radius 3 is 2.81 bits per heavy atom. The lowest BCUT2D eigenvalue weighted by molar-refractivity contribution is 0.833. The first-order valence-corrected chi connectivity index (χ1v) is 4.89. The second-order valence-corrected chi connectivity index (χ2v) is 3.63. The second-order valence-electron chi connectivity index (χ2n) is 3.63. The third-order valence-electron chi connectivity index (χ3n) is 2.63. The van der Waals surface area contributed by atoms with E-state index in [-0.39, 0.29) is 5.56 Å². The Morgan fingerprint density at radius 1 is 1.44 bits per heavy atom. The van der Waals surface area contributed by atoms with Crippen molar-refractivity contribution in [1.29, 1.82) is 5.26 Å². The molecular weight excluding hydrogens is 202 g/mol. The first kappa shape index (κ1) is 10.4. The third-order valence-corrected chi connectivity index (χ3v) is 2.63. The summed E-state index contributed by atoms with van der Waals surface area (Å²) < 4.78 is 1.52. The highest BCUT2D eigenvalue weighted by atomic mass is 16.1. The van der Waals surface area contributed by atoms with Gasteiger partial charge < -0.3 is 10.3 Å². The molecule has 0 saturated heterocycles. The van der Waals surface area contributed by atoms with Crippen molar-refractivity contribution in [2.75, 3.05) is 0 Å². The molecule has 1 aromatic carbocycles. The molecule has 16 heavy (non-hydrogen) atoms. The molecule has 4 nitrogen and oxygen atoms in total. The van der Waals surface area contributed by atoms with Gasteiger partial charge in [0.05, 0.1) is 11.6 Å². The Bertz CT molecular complexity index is 637. The minimum atomic E-state index is -0.872. The van der Waals surface area contributed by atoms with Crippen LogP contribution in [0.2, 0.25) is 0 Å². The number of fused-ring (bicyclic) bond motifs is 1. The van der Waals surface area contributed by atoms with Crippen LogP contribution in [0.5, 0.6) is 0 Å². The normalized spacial score (nSPS) is 12.3. The molecule has 4 heteroatoms. The zero-order valence-electron chi connectivity index (χ0n) is 8.84. The maximum absolute atomic E-state index is 11.9. The predicted octanol–water partition coefficient (Wildman–Crippen LogP) is 1.06. The summed E-state index contributed by atoms with van der Waals surface area (Å²) in [5.74, 6) is 0. The van der Waals surface area contributed by atoms with E-state index in [2.05, 4.69) is 0 Å². The number of hydrogen-bond acceptors (Lipinski definition) is 3. The van der Waals surface area contributed by atoms with Crippen molar-refractivity contribution in [1.82, 2.24) is 4.57 Å².